The second kappa shape index (κ2) is 5.93. The van der Waals surface area contributed by atoms with E-state index in [4.69, 9.17) is 0 Å². The molecule has 0 bridgehead atoms. The summed E-state index contributed by atoms with van der Waals surface area (Å²) < 4.78 is 25.4. The zero-order valence-electron chi connectivity index (χ0n) is 12.4. The van der Waals surface area contributed by atoms with Gasteiger partial charge in [-0.25, -0.2) is 12.7 Å². The lowest BCUT2D eigenvalue weighted by molar-refractivity contribution is 0.0757. The molecule has 2 heterocycles. The highest BCUT2D eigenvalue weighted by Gasteiger charge is 2.32. The third-order valence-electron chi connectivity index (χ3n) is 4.13. The van der Waals surface area contributed by atoms with Gasteiger partial charge >= 0.3 is 0 Å². The summed E-state index contributed by atoms with van der Waals surface area (Å²) in [5.74, 6) is 0.332. The van der Waals surface area contributed by atoms with Crippen molar-refractivity contribution in [2.75, 3.05) is 32.4 Å². The SMILES string of the molecule is CS(=O)(=O)N1CCCN(C(=O)c2n[nH]c(C3CC3)c2Br)CC1. The minimum Gasteiger partial charge on any atom is -0.336 e. The molecule has 3 rings (SSSR count). The van der Waals surface area contributed by atoms with Gasteiger partial charge < -0.3 is 4.90 Å². The van der Waals surface area contributed by atoms with Crippen LogP contribution in [0.1, 0.15) is 41.4 Å². The molecule has 0 atom stereocenters. The van der Waals surface area contributed by atoms with Gasteiger partial charge in [-0.2, -0.15) is 5.10 Å². The molecule has 1 aromatic heterocycles. The molecule has 1 aliphatic heterocycles. The molecule has 2 aliphatic rings. The van der Waals surface area contributed by atoms with Gasteiger partial charge in [0.25, 0.3) is 5.91 Å². The van der Waals surface area contributed by atoms with E-state index in [0.29, 0.717) is 44.2 Å². The Morgan fingerprint density at radius 3 is 2.64 bits per heavy atom. The zero-order chi connectivity index (χ0) is 15.9. The van der Waals surface area contributed by atoms with Crippen LogP contribution in [0.15, 0.2) is 4.47 Å². The number of H-pyrrole nitrogens is 1. The molecule has 0 aromatic carbocycles. The van der Waals surface area contributed by atoms with Crippen LogP contribution in [0.3, 0.4) is 0 Å². The van der Waals surface area contributed by atoms with Crippen LogP contribution in [0.25, 0.3) is 0 Å². The van der Waals surface area contributed by atoms with Crippen LogP contribution in [-0.2, 0) is 10.0 Å². The van der Waals surface area contributed by atoms with Crippen LogP contribution in [0.2, 0.25) is 0 Å². The smallest absolute Gasteiger partial charge is 0.275 e. The predicted molar refractivity (Wildman–Crippen MR) is 85.2 cm³/mol. The van der Waals surface area contributed by atoms with Crippen LogP contribution >= 0.6 is 15.9 Å². The third kappa shape index (κ3) is 3.21. The monoisotopic (exact) mass is 390 g/mol. The van der Waals surface area contributed by atoms with E-state index in [1.807, 2.05) is 0 Å². The first kappa shape index (κ1) is 15.9. The van der Waals surface area contributed by atoms with E-state index >= 15 is 0 Å². The molecular weight excluding hydrogens is 372 g/mol. The number of sulfonamides is 1. The highest BCUT2D eigenvalue weighted by molar-refractivity contribution is 9.10. The molecule has 1 aliphatic carbocycles. The molecule has 9 heteroatoms. The molecule has 1 N–H and O–H groups in total. The fraction of sp³-hybridized carbons (Fsp3) is 0.692. The number of amides is 1. The van der Waals surface area contributed by atoms with E-state index in [0.717, 1.165) is 23.0 Å². The number of nitrogens with one attached hydrogen (secondary N) is 1. The molecule has 2 fully saturated rings. The van der Waals surface area contributed by atoms with Crippen molar-refractivity contribution in [3.05, 3.63) is 15.9 Å². The van der Waals surface area contributed by atoms with Gasteiger partial charge in [0.2, 0.25) is 10.0 Å². The highest BCUT2D eigenvalue weighted by atomic mass is 79.9. The molecular formula is C13H19BrN4O3S. The summed E-state index contributed by atoms with van der Waals surface area (Å²) in [4.78, 5) is 14.3. The second-order valence-corrected chi connectivity index (χ2v) is 8.66. The fourth-order valence-electron chi connectivity index (χ4n) is 2.70. The Bertz CT molecular complexity index is 683. The largest absolute Gasteiger partial charge is 0.336 e. The van der Waals surface area contributed by atoms with Gasteiger partial charge in [0, 0.05) is 32.1 Å². The molecule has 0 unspecified atom stereocenters. The summed E-state index contributed by atoms with van der Waals surface area (Å²) in [5, 5.41) is 7.11. The highest BCUT2D eigenvalue weighted by Crippen LogP contribution is 2.43. The van der Waals surface area contributed by atoms with Gasteiger partial charge in [0.1, 0.15) is 0 Å². The van der Waals surface area contributed by atoms with Gasteiger partial charge in [0.15, 0.2) is 5.69 Å². The number of carbonyl (C=O) groups is 1. The van der Waals surface area contributed by atoms with Crippen LogP contribution < -0.4 is 0 Å². The molecule has 0 radical (unpaired) electrons. The number of rotatable bonds is 3. The van der Waals surface area contributed by atoms with Crippen molar-refractivity contribution < 1.29 is 13.2 Å². The molecule has 1 amide bonds. The topological polar surface area (TPSA) is 86.4 Å². The molecule has 1 aromatic rings. The average molecular weight is 391 g/mol. The van der Waals surface area contributed by atoms with E-state index in [-0.39, 0.29) is 5.91 Å². The fourth-order valence-corrected chi connectivity index (χ4v) is 4.25. The second-order valence-electron chi connectivity index (χ2n) is 5.88. The first-order valence-electron chi connectivity index (χ1n) is 7.36. The predicted octanol–water partition coefficient (Wildman–Crippen LogP) is 1.16. The normalized spacial score (nSPS) is 20.9. The van der Waals surface area contributed by atoms with Gasteiger partial charge in [0.05, 0.1) is 16.4 Å². The number of hydrogen-bond donors (Lipinski definition) is 1. The van der Waals surface area contributed by atoms with Crippen molar-refractivity contribution in [3.8, 4) is 0 Å². The Morgan fingerprint density at radius 2 is 2.00 bits per heavy atom. The Balaban J connectivity index is 1.72. The minimum atomic E-state index is -3.21. The first-order valence-corrected chi connectivity index (χ1v) is 10.00. The summed E-state index contributed by atoms with van der Waals surface area (Å²) in [6.07, 6.45) is 4.09. The number of carbonyl (C=O) groups excluding carboxylic acids is 1. The van der Waals surface area contributed by atoms with Crippen LogP contribution in [-0.4, -0.2) is 66.2 Å². The molecule has 122 valence electrons. The standard InChI is InChI=1S/C13H19BrN4O3S/c1-22(20,21)18-6-2-5-17(7-8-18)13(19)12-10(14)11(15-16-12)9-3-4-9/h9H,2-8H2,1H3,(H,15,16). The van der Waals surface area contributed by atoms with Crippen molar-refractivity contribution >= 4 is 31.9 Å². The number of aromatic amines is 1. The number of halogens is 1. The van der Waals surface area contributed by atoms with Crippen LogP contribution in [0.5, 0.6) is 0 Å². The Labute approximate surface area is 138 Å². The van der Waals surface area contributed by atoms with E-state index in [9.17, 15) is 13.2 Å². The molecule has 7 nitrogen and oxygen atoms in total. The van der Waals surface area contributed by atoms with Crippen LogP contribution in [0, 0.1) is 0 Å². The van der Waals surface area contributed by atoms with Gasteiger partial charge in [-0.1, -0.05) is 0 Å². The number of hydrogen-bond acceptors (Lipinski definition) is 4. The maximum atomic E-state index is 12.6. The van der Waals surface area contributed by atoms with Crippen molar-refractivity contribution in [2.24, 2.45) is 0 Å². The zero-order valence-corrected chi connectivity index (χ0v) is 14.8. The number of aromatic nitrogens is 2. The maximum Gasteiger partial charge on any atom is 0.275 e. The van der Waals surface area contributed by atoms with E-state index < -0.39 is 10.0 Å². The molecule has 1 saturated carbocycles. The lowest BCUT2D eigenvalue weighted by Crippen LogP contribution is -2.37. The maximum absolute atomic E-state index is 12.6. The molecule has 0 spiro atoms. The quantitative estimate of drug-likeness (QED) is 0.838. The van der Waals surface area contributed by atoms with Crippen molar-refractivity contribution in [1.82, 2.24) is 19.4 Å². The Kier molecular flexibility index (Phi) is 4.30. The Hall–Kier alpha value is -0.930. The van der Waals surface area contributed by atoms with E-state index in [1.54, 1.807) is 4.90 Å². The van der Waals surface area contributed by atoms with Gasteiger partial charge in [-0.15, -0.1) is 0 Å². The summed E-state index contributed by atoms with van der Waals surface area (Å²) in [6.45, 7) is 1.73. The minimum absolute atomic E-state index is 0.148. The number of nitrogens with zero attached hydrogens (tertiary/aromatic N) is 3. The van der Waals surface area contributed by atoms with Crippen molar-refractivity contribution in [1.29, 1.82) is 0 Å². The lowest BCUT2D eigenvalue weighted by atomic mass is 10.2. The Morgan fingerprint density at radius 1 is 1.27 bits per heavy atom. The summed E-state index contributed by atoms with van der Waals surface area (Å²) >= 11 is 3.47. The van der Waals surface area contributed by atoms with Gasteiger partial charge in [-0.05, 0) is 35.2 Å². The summed E-state index contributed by atoms with van der Waals surface area (Å²) in [6, 6.07) is 0. The van der Waals surface area contributed by atoms with Gasteiger partial charge in [-0.3, -0.25) is 9.89 Å². The first-order chi connectivity index (χ1) is 10.4. The van der Waals surface area contributed by atoms with Crippen molar-refractivity contribution in [3.63, 3.8) is 0 Å². The average Bonchev–Trinajstić information content (AvgIpc) is 3.24. The third-order valence-corrected chi connectivity index (χ3v) is 6.24. The van der Waals surface area contributed by atoms with E-state index in [1.165, 1.54) is 10.6 Å². The molecule has 1 saturated heterocycles. The van der Waals surface area contributed by atoms with Crippen molar-refractivity contribution in [2.45, 2.75) is 25.2 Å². The van der Waals surface area contributed by atoms with E-state index in [2.05, 4.69) is 26.1 Å². The van der Waals surface area contributed by atoms with Crippen LogP contribution in [0.4, 0.5) is 0 Å². The lowest BCUT2D eigenvalue weighted by Gasteiger charge is -2.20. The summed E-state index contributed by atoms with van der Waals surface area (Å²) in [7, 11) is -3.21. The summed E-state index contributed by atoms with van der Waals surface area (Å²) in [5.41, 5.74) is 1.39. The molecule has 22 heavy (non-hydrogen) atoms.